The van der Waals surface area contributed by atoms with E-state index in [9.17, 15) is 5.11 Å². The van der Waals surface area contributed by atoms with Crippen molar-refractivity contribution in [3.05, 3.63) is 46.2 Å². The van der Waals surface area contributed by atoms with Gasteiger partial charge in [-0.05, 0) is 56.1 Å². The Hall–Kier alpha value is -2.60. The molecule has 0 radical (unpaired) electrons. The van der Waals surface area contributed by atoms with E-state index in [4.69, 9.17) is 26.1 Å². The smallest absolute Gasteiger partial charge is 0.230 e. The van der Waals surface area contributed by atoms with Crippen molar-refractivity contribution in [3.8, 4) is 11.8 Å². The van der Waals surface area contributed by atoms with E-state index in [1.807, 2.05) is 31.2 Å². The van der Waals surface area contributed by atoms with E-state index in [-0.39, 0.29) is 17.4 Å². The van der Waals surface area contributed by atoms with Crippen LogP contribution in [0.1, 0.15) is 36.4 Å². The fourth-order valence-electron chi connectivity index (χ4n) is 5.14. The monoisotopic (exact) mass is 540 g/mol. The average molecular weight is 541 g/mol. The van der Waals surface area contributed by atoms with E-state index >= 15 is 0 Å². The van der Waals surface area contributed by atoms with Gasteiger partial charge < -0.3 is 19.9 Å². The van der Waals surface area contributed by atoms with Gasteiger partial charge in [-0.2, -0.15) is 4.98 Å². The maximum atomic E-state index is 10.7. The molecule has 1 unspecified atom stereocenters. The zero-order valence-corrected chi connectivity index (χ0v) is 22.3. The summed E-state index contributed by atoms with van der Waals surface area (Å²) in [5.74, 6) is 0.836. The van der Waals surface area contributed by atoms with Gasteiger partial charge >= 0.3 is 0 Å². The Kier molecular flexibility index (Phi) is 6.87. The molecule has 6 rings (SSSR count). The minimum Gasteiger partial charge on any atom is -0.420 e. The third-order valence-electron chi connectivity index (χ3n) is 6.99. The van der Waals surface area contributed by atoms with Gasteiger partial charge in [0, 0.05) is 66.1 Å². The number of nitrogens with zero attached hydrogens (tertiary/aromatic N) is 4. The molecular formula is C26H29ClN6O3S. The van der Waals surface area contributed by atoms with E-state index in [0.717, 1.165) is 69.6 Å². The SMILES string of the molecule is CO[C@@H]1CCCN(Cc2cnc(Cl)nc2Oc2ccc3c(ccc4sc5c(c43)NC[C@@H](C)NC5O)n2)C1. The number of nitrogens with one attached hydrogen (secondary N) is 2. The van der Waals surface area contributed by atoms with Crippen LogP contribution in [0.4, 0.5) is 5.69 Å². The molecule has 11 heteroatoms. The Labute approximate surface area is 223 Å². The molecule has 0 saturated carbocycles. The quantitative estimate of drug-likeness (QED) is 0.311. The number of anilines is 1. The van der Waals surface area contributed by atoms with Crippen LogP contribution >= 0.6 is 22.9 Å². The fraction of sp³-hybridized carbons (Fsp3) is 0.423. The summed E-state index contributed by atoms with van der Waals surface area (Å²) in [4.78, 5) is 16.6. The molecule has 0 aliphatic carbocycles. The van der Waals surface area contributed by atoms with Gasteiger partial charge in [-0.3, -0.25) is 10.2 Å². The second-order valence-electron chi connectivity index (χ2n) is 9.65. The molecule has 2 aliphatic rings. The van der Waals surface area contributed by atoms with Gasteiger partial charge in [-0.15, -0.1) is 11.3 Å². The summed E-state index contributed by atoms with van der Waals surface area (Å²) < 4.78 is 12.8. The highest BCUT2D eigenvalue weighted by molar-refractivity contribution is 7.20. The average Bonchev–Trinajstić information content (AvgIpc) is 3.22. The Bertz CT molecular complexity index is 1450. The highest BCUT2D eigenvalue weighted by Crippen LogP contribution is 2.43. The molecule has 2 aliphatic heterocycles. The number of hydrogen-bond acceptors (Lipinski definition) is 10. The summed E-state index contributed by atoms with van der Waals surface area (Å²) in [6.45, 7) is 5.24. The van der Waals surface area contributed by atoms with Crippen LogP contribution in [0.15, 0.2) is 30.5 Å². The lowest BCUT2D eigenvalue weighted by Gasteiger charge is -2.31. The van der Waals surface area contributed by atoms with Crippen molar-refractivity contribution in [1.29, 1.82) is 0 Å². The van der Waals surface area contributed by atoms with Crippen molar-refractivity contribution in [3.63, 3.8) is 0 Å². The predicted octanol–water partition coefficient (Wildman–Crippen LogP) is 4.69. The molecule has 4 aromatic rings. The fourth-order valence-corrected chi connectivity index (χ4v) is 6.41. The number of thiophene rings is 1. The number of aliphatic hydroxyl groups is 1. The van der Waals surface area contributed by atoms with E-state index in [2.05, 4.69) is 25.5 Å². The number of aromatic nitrogens is 3. The van der Waals surface area contributed by atoms with E-state index in [0.29, 0.717) is 18.3 Å². The van der Waals surface area contributed by atoms with Gasteiger partial charge in [0.2, 0.25) is 17.0 Å². The van der Waals surface area contributed by atoms with Gasteiger partial charge in [0.25, 0.3) is 0 Å². The number of hydrogen-bond donors (Lipinski definition) is 3. The van der Waals surface area contributed by atoms with Crippen molar-refractivity contribution in [2.24, 2.45) is 0 Å². The molecular weight excluding hydrogens is 512 g/mol. The molecule has 0 bridgehead atoms. The van der Waals surface area contributed by atoms with Crippen molar-refractivity contribution < 1.29 is 14.6 Å². The topological polar surface area (TPSA) is 105 Å². The van der Waals surface area contributed by atoms with E-state index < -0.39 is 6.23 Å². The van der Waals surface area contributed by atoms with Crippen molar-refractivity contribution in [2.75, 3.05) is 32.1 Å². The first-order chi connectivity index (χ1) is 18.0. The van der Waals surface area contributed by atoms with Crippen molar-refractivity contribution in [2.45, 2.75) is 44.7 Å². The molecule has 5 heterocycles. The van der Waals surface area contributed by atoms with Gasteiger partial charge in [0.15, 0.2) is 0 Å². The normalized spacial score (nSPS) is 22.5. The summed E-state index contributed by atoms with van der Waals surface area (Å²) in [5.41, 5.74) is 2.61. The molecule has 1 fully saturated rings. The molecule has 9 nitrogen and oxygen atoms in total. The Balaban J connectivity index is 1.32. The number of fused-ring (bicyclic) bond motifs is 5. The molecule has 194 valence electrons. The largest absolute Gasteiger partial charge is 0.420 e. The highest BCUT2D eigenvalue weighted by Gasteiger charge is 2.25. The number of aliphatic hydroxyl groups excluding tert-OH is 1. The van der Waals surface area contributed by atoms with Crippen LogP contribution in [0.25, 0.3) is 21.0 Å². The van der Waals surface area contributed by atoms with Crippen molar-refractivity contribution in [1.82, 2.24) is 25.2 Å². The van der Waals surface area contributed by atoms with Gasteiger partial charge in [-0.25, -0.2) is 9.97 Å². The van der Waals surface area contributed by atoms with E-state index in [1.165, 1.54) is 0 Å². The minimum atomic E-state index is -0.706. The zero-order chi connectivity index (χ0) is 25.5. The Morgan fingerprint density at radius 1 is 1.24 bits per heavy atom. The van der Waals surface area contributed by atoms with Crippen LogP contribution in [0.5, 0.6) is 11.8 Å². The summed E-state index contributed by atoms with van der Waals surface area (Å²) in [6, 6.07) is 8.04. The summed E-state index contributed by atoms with van der Waals surface area (Å²) in [7, 11) is 1.76. The van der Waals surface area contributed by atoms with Crippen LogP contribution in [-0.2, 0) is 11.3 Å². The second-order valence-corrected chi connectivity index (χ2v) is 11.1. The van der Waals surface area contributed by atoms with Crippen molar-refractivity contribution >= 4 is 49.6 Å². The predicted molar refractivity (Wildman–Crippen MR) is 146 cm³/mol. The molecule has 0 amide bonds. The standard InChI is InChI=1S/C26H29ClN6O3S/c1-14-10-28-22-21-17-5-8-20(31-18(17)6-7-19(21)37-23(22)24(34)30-14)36-25-15(11-29-26(27)32-25)12-33-9-3-4-16(13-33)35-2/h5-8,11,14,16,24,28,30,34H,3-4,9-10,12-13H2,1-2H3/t14-,16-,24?/m1/s1. The Morgan fingerprint density at radius 2 is 2.14 bits per heavy atom. The Morgan fingerprint density at radius 3 is 3.00 bits per heavy atom. The molecule has 1 aromatic carbocycles. The first-order valence-electron chi connectivity index (χ1n) is 12.5. The number of pyridine rings is 1. The number of halogens is 1. The lowest BCUT2D eigenvalue weighted by atomic mass is 10.1. The van der Waals surface area contributed by atoms with Crippen LogP contribution in [0.2, 0.25) is 5.28 Å². The molecule has 37 heavy (non-hydrogen) atoms. The zero-order valence-electron chi connectivity index (χ0n) is 20.7. The number of rotatable bonds is 5. The molecule has 3 aromatic heterocycles. The van der Waals surface area contributed by atoms with Gasteiger partial charge in [0.05, 0.1) is 22.2 Å². The third kappa shape index (κ3) is 4.97. The number of ether oxygens (including phenoxy) is 2. The maximum Gasteiger partial charge on any atom is 0.230 e. The number of benzene rings is 1. The number of methoxy groups -OCH3 is 1. The second kappa shape index (κ2) is 10.3. The summed E-state index contributed by atoms with van der Waals surface area (Å²) in [5, 5.41) is 19.6. The molecule has 3 atom stereocenters. The van der Waals surface area contributed by atoms with Crippen LogP contribution < -0.4 is 15.4 Å². The number of piperidine rings is 1. The lowest BCUT2D eigenvalue weighted by Crippen LogP contribution is -2.38. The molecule has 3 N–H and O–H groups in total. The van der Waals surface area contributed by atoms with Gasteiger partial charge in [-0.1, -0.05) is 0 Å². The maximum absolute atomic E-state index is 10.7. The van der Waals surface area contributed by atoms with E-state index in [1.54, 1.807) is 24.6 Å². The number of likely N-dealkylation sites (tertiary alicyclic amines) is 1. The van der Waals surface area contributed by atoms with Crippen LogP contribution in [0, 0.1) is 0 Å². The first kappa shape index (κ1) is 24.7. The summed E-state index contributed by atoms with van der Waals surface area (Å²) >= 11 is 7.72. The van der Waals surface area contributed by atoms with Crippen LogP contribution in [0.3, 0.4) is 0 Å². The van der Waals surface area contributed by atoms with Crippen LogP contribution in [-0.4, -0.2) is 63.8 Å². The lowest BCUT2D eigenvalue weighted by molar-refractivity contribution is 0.0282. The first-order valence-corrected chi connectivity index (χ1v) is 13.7. The molecule has 0 spiro atoms. The van der Waals surface area contributed by atoms with Gasteiger partial charge in [0.1, 0.15) is 6.23 Å². The highest BCUT2D eigenvalue weighted by atomic mass is 35.5. The third-order valence-corrected chi connectivity index (χ3v) is 8.38. The molecule has 1 saturated heterocycles. The minimum absolute atomic E-state index is 0.128. The summed E-state index contributed by atoms with van der Waals surface area (Å²) in [6.07, 6.45) is 3.39.